The Morgan fingerprint density at radius 2 is 2.40 bits per heavy atom. The number of rotatable bonds is 4. The van der Waals surface area contributed by atoms with Gasteiger partial charge in [-0.15, -0.1) is 0 Å². The van der Waals surface area contributed by atoms with Crippen LogP contribution >= 0.6 is 0 Å². The first-order chi connectivity index (χ1) is 7.00. The van der Waals surface area contributed by atoms with Crippen molar-refractivity contribution in [3.63, 3.8) is 0 Å². The van der Waals surface area contributed by atoms with Crippen molar-refractivity contribution in [1.82, 2.24) is 10.1 Å². The van der Waals surface area contributed by atoms with E-state index >= 15 is 0 Å². The lowest BCUT2D eigenvalue weighted by Gasteiger charge is -2.16. The molecule has 1 N–H and O–H groups in total. The molecule has 0 bridgehead atoms. The minimum atomic E-state index is -0.403. The molecule has 0 spiro atoms. The van der Waals surface area contributed by atoms with Gasteiger partial charge in [-0.1, -0.05) is 5.16 Å². The zero-order valence-corrected chi connectivity index (χ0v) is 9.23. The number of hydrogen-bond donors (Lipinski definition) is 1. The summed E-state index contributed by atoms with van der Waals surface area (Å²) >= 11 is 0. The zero-order chi connectivity index (χ0) is 11.4. The van der Waals surface area contributed by atoms with E-state index < -0.39 is 6.10 Å². The molecule has 0 saturated carbocycles. The van der Waals surface area contributed by atoms with Crippen molar-refractivity contribution in [3.8, 4) is 0 Å². The summed E-state index contributed by atoms with van der Waals surface area (Å²) in [6.07, 6.45) is 0.151. The molecule has 1 amide bonds. The fourth-order valence-corrected chi connectivity index (χ4v) is 1.14. The van der Waals surface area contributed by atoms with Crippen LogP contribution in [0, 0.1) is 6.92 Å². The van der Waals surface area contributed by atoms with Crippen LogP contribution in [0.4, 0.5) is 0 Å². The molecule has 0 fully saturated rings. The van der Waals surface area contributed by atoms with E-state index in [1.165, 1.54) is 4.90 Å². The summed E-state index contributed by atoms with van der Waals surface area (Å²) in [4.78, 5) is 13.2. The first kappa shape index (κ1) is 11.7. The highest BCUT2D eigenvalue weighted by molar-refractivity contribution is 5.92. The van der Waals surface area contributed by atoms with Crippen molar-refractivity contribution in [2.75, 3.05) is 13.6 Å². The van der Waals surface area contributed by atoms with Gasteiger partial charge in [-0.2, -0.15) is 0 Å². The minimum absolute atomic E-state index is 0.187. The lowest BCUT2D eigenvalue weighted by atomic mass is 10.2. The van der Waals surface area contributed by atoms with E-state index in [-0.39, 0.29) is 5.91 Å². The van der Waals surface area contributed by atoms with Crippen molar-refractivity contribution >= 4 is 5.91 Å². The first-order valence-electron chi connectivity index (χ1n) is 4.87. The molecule has 5 nitrogen and oxygen atoms in total. The fourth-order valence-electron chi connectivity index (χ4n) is 1.14. The van der Waals surface area contributed by atoms with E-state index in [4.69, 9.17) is 9.63 Å². The molecule has 84 valence electrons. The predicted octanol–water partition coefficient (Wildman–Crippen LogP) is 0.826. The van der Waals surface area contributed by atoms with Crippen LogP contribution < -0.4 is 0 Å². The molecular weight excluding hydrogens is 196 g/mol. The number of aromatic nitrogens is 1. The molecule has 1 aromatic heterocycles. The highest BCUT2D eigenvalue weighted by Crippen LogP contribution is 2.05. The number of amides is 1. The Balaban J connectivity index is 2.53. The van der Waals surface area contributed by atoms with E-state index in [1.54, 1.807) is 27.0 Å². The summed E-state index contributed by atoms with van der Waals surface area (Å²) in [5, 5.41) is 12.7. The van der Waals surface area contributed by atoms with Gasteiger partial charge < -0.3 is 14.5 Å². The standard InChI is InChI=1S/C10H16N2O3/c1-7(13)4-5-12(3)10(14)9-6-8(2)15-11-9/h6-7,13H,4-5H2,1-3H3. The molecule has 1 rings (SSSR count). The molecule has 1 atom stereocenters. The molecule has 0 aliphatic carbocycles. The van der Waals surface area contributed by atoms with Crippen LogP contribution in [0.5, 0.6) is 0 Å². The van der Waals surface area contributed by atoms with E-state index in [0.717, 1.165) is 0 Å². The molecule has 1 heterocycles. The molecular formula is C10H16N2O3. The Labute approximate surface area is 88.7 Å². The Morgan fingerprint density at radius 3 is 2.87 bits per heavy atom. The summed E-state index contributed by atoms with van der Waals surface area (Å²) in [6, 6.07) is 1.60. The van der Waals surface area contributed by atoms with Crippen LogP contribution in [0.3, 0.4) is 0 Å². The van der Waals surface area contributed by atoms with Gasteiger partial charge in [0.05, 0.1) is 6.10 Å². The number of nitrogens with zero attached hydrogens (tertiary/aromatic N) is 2. The van der Waals surface area contributed by atoms with Gasteiger partial charge in [0.2, 0.25) is 0 Å². The number of aliphatic hydroxyl groups excluding tert-OH is 1. The molecule has 0 radical (unpaired) electrons. The normalized spacial score (nSPS) is 12.5. The van der Waals surface area contributed by atoms with Crippen molar-refractivity contribution in [3.05, 3.63) is 17.5 Å². The molecule has 5 heteroatoms. The topological polar surface area (TPSA) is 66.6 Å². The Morgan fingerprint density at radius 1 is 1.73 bits per heavy atom. The van der Waals surface area contributed by atoms with Crippen molar-refractivity contribution < 1.29 is 14.4 Å². The fraction of sp³-hybridized carbons (Fsp3) is 0.600. The van der Waals surface area contributed by atoms with Gasteiger partial charge >= 0.3 is 0 Å². The Kier molecular flexibility index (Phi) is 3.85. The predicted molar refractivity (Wildman–Crippen MR) is 54.5 cm³/mol. The number of carbonyl (C=O) groups excluding carboxylic acids is 1. The second-order valence-corrected chi connectivity index (χ2v) is 3.69. The van der Waals surface area contributed by atoms with Crippen molar-refractivity contribution in [1.29, 1.82) is 0 Å². The van der Waals surface area contributed by atoms with Crippen molar-refractivity contribution in [2.24, 2.45) is 0 Å². The summed E-state index contributed by atoms with van der Waals surface area (Å²) < 4.78 is 4.81. The van der Waals surface area contributed by atoms with E-state index in [9.17, 15) is 4.79 Å². The van der Waals surface area contributed by atoms with Gasteiger partial charge in [0, 0.05) is 19.7 Å². The first-order valence-corrected chi connectivity index (χ1v) is 4.87. The largest absolute Gasteiger partial charge is 0.393 e. The summed E-state index contributed by atoms with van der Waals surface area (Å²) in [7, 11) is 1.68. The maximum Gasteiger partial charge on any atom is 0.275 e. The van der Waals surface area contributed by atoms with Gasteiger partial charge in [0.1, 0.15) is 5.76 Å². The SMILES string of the molecule is Cc1cc(C(=O)N(C)CCC(C)O)no1. The lowest BCUT2D eigenvalue weighted by Crippen LogP contribution is -2.29. The molecule has 0 aromatic carbocycles. The number of aryl methyl sites for hydroxylation is 1. The molecule has 0 aliphatic rings. The van der Waals surface area contributed by atoms with Gasteiger partial charge in [-0.25, -0.2) is 0 Å². The van der Waals surface area contributed by atoms with Gasteiger partial charge in [-0.05, 0) is 20.3 Å². The zero-order valence-electron chi connectivity index (χ0n) is 9.23. The number of carbonyl (C=O) groups is 1. The van der Waals surface area contributed by atoms with E-state index in [1.807, 2.05) is 0 Å². The highest BCUT2D eigenvalue weighted by atomic mass is 16.5. The minimum Gasteiger partial charge on any atom is -0.393 e. The smallest absolute Gasteiger partial charge is 0.275 e. The van der Waals surface area contributed by atoms with Gasteiger partial charge in [0.25, 0.3) is 5.91 Å². The third-order valence-electron chi connectivity index (χ3n) is 2.08. The second kappa shape index (κ2) is 4.93. The van der Waals surface area contributed by atoms with E-state index in [2.05, 4.69) is 5.16 Å². The average Bonchev–Trinajstić information content (AvgIpc) is 2.60. The highest BCUT2D eigenvalue weighted by Gasteiger charge is 2.15. The third-order valence-corrected chi connectivity index (χ3v) is 2.08. The molecule has 0 aliphatic heterocycles. The van der Waals surface area contributed by atoms with Crippen LogP contribution in [-0.2, 0) is 0 Å². The van der Waals surface area contributed by atoms with Crippen molar-refractivity contribution in [2.45, 2.75) is 26.4 Å². The number of aliphatic hydroxyl groups is 1. The lowest BCUT2D eigenvalue weighted by molar-refractivity contribution is 0.0759. The average molecular weight is 212 g/mol. The summed E-state index contributed by atoms with van der Waals surface area (Å²) in [5.41, 5.74) is 0.306. The van der Waals surface area contributed by atoms with Crippen LogP contribution in [-0.4, -0.2) is 40.8 Å². The molecule has 0 saturated heterocycles. The molecule has 1 aromatic rings. The van der Waals surface area contributed by atoms with E-state index in [0.29, 0.717) is 24.4 Å². The molecule has 15 heavy (non-hydrogen) atoms. The monoisotopic (exact) mass is 212 g/mol. The third kappa shape index (κ3) is 3.36. The number of hydrogen-bond acceptors (Lipinski definition) is 4. The van der Waals surface area contributed by atoms with Gasteiger partial charge in [0.15, 0.2) is 5.69 Å². The summed E-state index contributed by atoms with van der Waals surface area (Å²) in [5.74, 6) is 0.426. The maximum absolute atomic E-state index is 11.7. The maximum atomic E-state index is 11.7. The van der Waals surface area contributed by atoms with Crippen LogP contribution in [0.2, 0.25) is 0 Å². The Bertz CT molecular complexity index is 333. The van der Waals surface area contributed by atoms with Crippen LogP contribution in [0.1, 0.15) is 29.6 Å². The molecule has 1 unspecified atom stereocenters. The van der Waals surface area contributed by atoms with Crippen LogP contribution in [0.15, 0.2) is 10.6 Å². The van der Waals surface area contributed by atoms with Gasteiger partial charge in [-0.3, -0.25) is 4.79 Å². The quantitative estimate of drug-likeness (QED) is 0.802. The Hall–Kier alpha value is -1.36. The second-order valence-electron chi connectivity index (χ2n) is 3.69. The summed E-state index contributed by atoms with van der Waals surface area (Å²) in [6.45, 7) is 3.93. The van der Waals surface area contributed by atoms with Crippen LogP contribution in [0.25, 0.3) is 0 Å².